The first-order valence-electron chi connectivity index (χ1n) is 11.2. The quantitative estimate of drug-likeness (QED) is 0.405. The fourth-order valence-corrected chi connectivity index (χ4v) is 13.8. The van der Waals surface area contributed by atoms with E-state index in [0.717, 1.165) is 5.54 Å². The second-order valence-corrected chi connectivity index (χ2v) is 16.7. The van der Waals surface area contributed by atoms with Crippen molar-refractivity contribution in [3.05, 3.63) is 92.7 Å². The van der Waals surface area contributed by atoms with Crippen LogP contribution in [0.2, 0.25) is 13.1 Å². The van der Waals surface area contributed by atoms with E-state index in [0.29, 0.717) is 9.54 Å². The first-order valence-corrected chi connectivity index (χ1v) is 16.6. The largest absolute Gasteiger partial charge is 1.00 e. The number of hydrogen-bond donors (Lipinski definition) is 0. The van der Waals surface area contributed by atoms with Crippen LogP contribution in [0.1, 0.15) is 51.5 Å². The zero-order valence-electron chi connectivity index (χ0n) is 19.7. The maximum Gasteiger partial charge on any atom is 0.0941 e. The van der Waals surface area contributed by atoms with E-state index >= 15 is 0 Å². The molecule has 0 radical (unpaired) electrons. The number of halogens is 2. The summed E-state index contributed by atoms with van der Waals surface area (Å²) >= 11 is 3.56. The molecule has 3 heterocycles. The fraction of sp³-hybridized carbons (Fsp3) is 0.286. The summed E-state index contributed by atoms with van der Waals surface area (Å²) in [5.74, 6) is 0.639. The number of rotatable bonds is 2. The van der Waals surface area contributed by atoms with Gasteiger partial charge in [0.15, 0.2) is 0 Å². The van der Waals surface area contributed by atoms with Crippen LogP contribution >= 0.6 is 11.3 Å². The Labute approximate surface area is 231 Å². The van der Waals surface area contributed by atoms with Gasteiger partial charge in [0.05, 0.1) is 8.07 Å². The monoisotopic (exact) mass is 585 g/mol. The average molecular weight is 588 g/mol. The Kier molecular flexibility index (Phi) is 8.24. The van der Waals surface area contributed by atoms with E-state index in [1.54, 1.807) is 51.5 Å². The van der Waals surface area contributed by atoms with Crippen molar-refractivity contribution in [3.8, 4) is 11.1 Å². The van der Waals surface area contributed by atoms with Crippen molar-refractivity contribution in [2.75, 3.05) is 0 Å². The van der Waals surface area contributed by atoms with Crippen molar-refractivity contribution in [2.24, 2.45) is 5.92 Å². The normalized spacial score (nSPS) is 20.5. The third-order valence-electron chi connectivity index (χ3n) is 7.27. The zero-order chi connectivity index (χ0) is 21.9. The van der Waals surface area contributed by atoms with Gasteiger partial charge >= 0.3 is 131 Å². The fourth-order valence-electron chi connectivity index (χ4n) is 5.89. The molecule has 0 amide bonds. The molecule has 169 valence electrons. The number of fused-ring (bicyclic) bond motifs is 1. The molecule has 2 aliphatic heterocycles. The van der Waals surface area contributed by atoms with Gasteiger partial charge in [-0.15, -0.1) is 11.3 Å². The molecule has 3 aromatic rings. The van der Waals surface area contributed by atoms with E-state index in [2.05, 4.69) is 99.9 Å². The first-order chi connectivity index (χ1) is 14.8. The minimum Gasteiger partial charge on any atom is -1.00 e. The Bertz CT molecular complexity index is 1220. The number of hydrogen-bond acceptors (Lipinski definition) is 1. The molecule has 5 heteroatoms. The van der Waals surface area contributed by atoms with E-state index in [1.807, 2.05) is 11.3 Å². The standard InChI is InChI=1S/C18H17.C10H12SSi.2ClH.Zr/c1-13(2)16-11-15-9-6-10-17(18(15)12-16)14-7-4-3-5-8-14;1-6-9-7-4-5-11-8(7)10(6)12(9,2)3;;;/h3-13H,1-2H3;4-5,10H,1-3H3;2*1H;/q;;;;+2/p-2. The smallest absolute Gasteiger partial charge is 0.0941 e. The van der Waals surface area contributed by atoms with Gasteiger partial charge in [-0.2, -0.15) is 0 Å². The molecule has 4 aliphatic rings. The molecule has 0 saturated heterocycles. The average Bonchev–Trinajstić information content (AvgIpc) is 3.45. The summed E-state index contributed by atoms with van der Waals surface area (Å²) < 4.78 is 0.644. The van der Waals surface area contributed by atoms with Crippen molar-refractivity contribution in [1.82, 2.24) is 0 Å². The van der Waals surface area contributed by atoms with Crippen LogP contribution in [-0.4, -0.2) is 8.07 Å². The summed E-state index contributed by atoms with van der Waals surface area (Å²) in [6.07, 6.45) is 2.43. The number of allylic oxidation sites excluding steroid dienone is 2. The Balaban J connectivity index is 0.000000190. The molecule has 33 heavy (non-hydrogen) atoms. The van der Waals surface area contributed by atoms with Crippen LogP contribution in [0, 0.1) is 5.92 Å². The minimum absolute atomic E-state index is 0. The van der Waals surface area contributed by atoms with Crippen molar-refractivity contribution in [2.45, 2.75) is 43.0 Å². The van der Waals surface area contributed by atoms with E-state index in [-0.39, 0.29) is 24.8 Å². The molecule has 2 atom stereocenters. The molecule has 2 aromatic carbocycles. The van der Waals surface area contributed by atoms with Gasteiger partial charge in [-0.3, -0.25) is 0 Å². The molecule has 7 rings (SSSR count). The molecule has 0 saturated carbocycles. The summed E-state index contributed by atoms with van der Waals surface area (Å²) in [5.41, 5.74) is 11.4. The Morgan fingerprint density at radius 1 is 0.909 bits per heavy atom. The van der Waals surface area contributed by atoms with Crippen molar-refractivity contribution >= 4 is 30.7 Å². The third kappa shape index (κ3) is 4.27. The number of benzene rings is 2. The van der Waals surface area contributed by atoms with E-state index in [1.165, 1.54) is 22.3 Å². The minimum atomic E-state index is -0.972. The summed E-state index contributed by atoms with van der Waals surface area (Å²) in [6.45, 7) is 11.9. The second-order valence-electron chi connectivity index (χ2n) is 9.82. The van der Waals surface area contributed by atoms with Gasteiger partial charge < -0.3 is 24.8 Å². The zero-order valence-corrected chi connectivity index (χ0v) is 25.5. The predicted octanol–water partition coefficient (Wildman–Crippen LogP) is 2.42. The third-order valence-corrected chi connectivity index (χ3v) is 14.2. The van der Waals surface area contributed by atoms with Gasteiger partial charge in [0, 0.05) is 10.4 Å². The van der Waals surface area contributed by atoms with E-state index in [4.69, 9.17) is 0 Å². The van der Waals surface area contributed by atoms with Crippen LogP contribution in [0.3, 0.4) is 0 Å². The van der Waals surface area contributed by atoms with Crippen LogP contribution < -0.4 is 24.8 Å². The van der Waals surface area contributed by atoms with Crippen molar-refractivity contribution < 1.29 is 49.5 Å². The van der Waals surface area contributed by atoms with Crippen LogP contribution in [0.4, 0.5) is 0 Å². The Hall–Kier alpha value is -0.700. The van der Waals surface area contributed by atoms with Crippen LogP contribution in [0.25, 0.3) is 22.4 Å². The first kappa shape index (κ1) is 26.9. The molecule has 2 aliphatic carbocycles. The van der Waals surface area contributed by atoms with Crippen LogP contribution in [0.5, 0.6) is 0 Å². The maximum atomic E-state index is 2.51. The summed E-state index contributed by atoms with van der Waals surface area (Å²) in [7, 11) is -0.972. The molecule has 0 spiro atoms. The molecular formula is C28H29Cl2SSiZr. The Morgan fingerprint density at radius 3 is 2.21 bits per heavy atom. The molecule has 1 aromatic heterocycles. The van der Waals surface area contributed by atoms with Crippen molar-refractivity contribution in [3.63, 3.8) is 0 Å². The molecule has 2 unspecified atom stereocenters. The summed E-state index contributed by atoms with van der Waals surface area (Å²) in [4.78, 5) is 1.68. The molecule has 2 bridgehead atoms. The SMILES string of the molecule is CC(C)C1=Cc2c(-c3ccccc3)cccc2[CH]1[Zr+2].CC1=C2c3ccsc3C1[Si]2(C)C.[Cl-].[Cl-]. The van der Waals surface area contributed by atoms with Gasteiger partial charge in [-0.05, 0) is 23.9 Å². The second kappa shape index (κ2) is 10.1. The molecule has 0 nitrogen and oxygen atoms in total. The van der Waals surface area contributed by atoms with Crippen LogP contribution in [-0.2, 0) is 24.7 Å². The number of thiophene rings is 1. The van der Waals surface area contributed by atoms with Gasteiger partial charge in [-0.25, -0.2) is 0 Å². The molecule has 0 N–H and O–H groups in total. The van der Waals surface area contributed by atoms with E-state index < -0.39 is 8.07 Å². The van der Waals surface area contributed by atoms with E-state index in [9.17, 15) is 0 Å². The maximum absolute atomic E-state index is 2.51. The summed E-state index contributed by atoms with van der Waals surface area (Å²) in [5, 5.41) is 4.01. The van der Waals surface area contributed by atoms with Crippen LogP contribution in [0.15, 0.2) is 71.1 Å². The van der Waals surface area contributed by atoms with Crippen molar-refractivity contribution in [1.29, 1.82) is 0 Å². The topological polar surface area (TPSA) is 0 Å². The van der Waals surface area contributed by atoms with Gasteiger partial charge in [-0.1, -0.05) is 23.9 Å². The van der Waals surface area contributed by atoms with Gasteiger partial charge in [0.2, 0.25) is 0 Å². The Morgan fingerprint density at radius 2 is 1.61 bits per heavy atom. The predicted molar refractivity (Wildman–Crippen MR) is 135 cm³/mol. The van der Waals surface area contributed by atoms with Gasteiger partial charge in [0.25, 0.3) is 0 Å². The molecular weight excluding hydrogens is 559 g/mol. The summed E-state index contributed by atoms with van der Waals surface area (Å²) in [6, 6.07) is 19.8. The molecule has 0 fully saturated rings. The van der Waals surface area contributed by atoms with Gasteiger partial charge in [0.1, 0.15) is 0 Å².